The largest absolute Gasteiger partial charge is 0.489 e. The smallest absolute Gasteiger partial charge is 0.387 e. The summed E-state index contributed by atoms with van der Waals surface area (Å²) in [7, 11) is -1.12. The van der Waals surface area contributed by atoms with Gasteiger partial charge in [0.25, 0.3) is 5.91 Å². The third-order valence-electron chi connectivity index (χ3n) is 8.15. The number of rotatable bonds is 13. The summed E-state index contributed by atoms with van der Waals surface area (Å²) in [6, 6.07) is 8.70. The van der Waals surface area contributed by atoms with Crippen LogP contribution in [0.4, 0.5) is 8.78 Å². The molecular weight excluding hydrogens is 691 g/mol. The number of sulfonamides is 1. The van der Waals surface area contributed by atoms with Crippen molar-refractivity contribution in [1.82, 2.24) is 14.2 Å². The van der Waals surface area contributed by atoms with E-state index in [0.29, 0.717) is 36.5 Å². The minimum Gasteiger partial charge on any atom is -0.489 e. The minimum absolute atomic E-state index is 0.0432. The van der Waals surface area contributed by atoms with Gasteiger partial charge in [0, 0.05) is 45.0 Å². The average molecular weight is 727 g/mol. The van der Waals surface area contributed by atoms with Crippen LogP contribution in [0.25, 0.3) is 0 Å². The fourth-order valence-corrected chi connectivity index (χ4v) is 7.61. The summed E-state index contributed by atoms with van der Waals surface area (Å²) in [4.78, 5) is 31.7. The number of alkyl halides is 2. The lowest BCUT2D eigenvalue weighted by Gasteiger charge is -2.34. The lowest BCUT2D eigenvalue weighted by Crippen LogP contribution is -2.48. The van der Waals surface area contributed by atoms with Gasteiger partial charge in [0.1, 0.15) is 12.1 Å². The van der Waals surface area contributed by atoms with Gasteiger partial charge >= 0.3 is 12.6 Å². The maximum atomic E-state index is 14.0. The molecule has 10 nitrogen and oxygen atoms in total. The second-order valence-corrected chi connectivity index (χ2v) is 14.6. The molecular formula is C33H35Cl2F2N3O7S. The van der Waals surface area contributed by atoms with Gasteiger partial charge in [-0.2, -0.15) is 13.1 Å². The topological polar surface area (TPSA) is 115 Å². The van der Waals surface area contributed by atoms with Gasteiger partial charge in [-0.05, 0) is 79.5 Å². The van der Waals surface area contributed by atoms with Crippen LogP contribution in [0.15, 0.2) is 59.8 Å². The first kappa shape index (κ1) is 35.8. The van der Waals surface area contributed by atoms with Crippen LogP contribution in [0.2, 0.25) is 10.0 Å². The van der Waals surface area contributed by atoms with E-state index in [4.69, 9.17) is 32.7 Å². The van der Waals surface area contributed by atoms with Crippen LogP contribution < -0.4 is 9.47 Å². The van der Waals surface area contributed by atoms with E-state index in [2.05, 4.69) is 9.72 Å². The third kappa shape index (κ3) is 8.55. The number of pyridine rings is 1. The molecule has 0 bridgehead atoms. The quantitative estimate of drug-likeness (QED) is 0.182. The van der Waals surface area contributed by atoms with Gasteiger partial charge in [-0.15, -0.1) is 0 Å². The molecule has 1 amide bonds. The number of carbonyl (C=O) groups is 2. The van der Waals surface area contributed by atoms with Crippen molar-refractivity contribution in [3.63, 3.8) is 0 Å². The first-order valence-corrected chi connectivity index (χ1v) is 17.6. The number of halogens is 4. The van der Waals surface area contributed by atoms with Crippen molar-refractivity contribution in [1.29, 1.82) is 0 Å². The SMILES string of the molecule is CN(C)C(=O)c1cccc(S(=O)(=O)N2CCCC[C@H]2C(=O)O[C@@H](Cc2c(Cl)cncc2Cl)c2ccc(OC(F)F)c(OCC3CC3)c2)c1. The predicted octanol–water partition coefficient (Wildman–Crippen LogP) is 6.55. The first-order valence-electron chi connectivity index (χ1n) is 15.4. The van der Waals surface area contributed by atoms with E-state index < -0.39 is 34.7 Å². The highest BCUT2D eigenvalue weighted by Gasteiger charge is 2.40. The number of piperidine rings is 1. The van der Waals surface area contributed by atoms with Gasteiger partial charge in [0.05, 0.1) is 21.5 Å². The number of amides is 1. The molecule has 48 heavy (non-hydrogen) atoms. The molecule has 1 saturated heterocycles. The van der Waals surface area contributed by atoms with E-state index in [0.717, 1.165) is 17.1 Å². The zero-order valence-electron chi connectivity index (χ0n) is 26.3. The number of nitrogens with zero attached hydrogens (tertiary/aromatic N) is 3. The van der Waals surface area contributed by atoms with Crippen molar-refractivity contribution >= 4 is 45.1 Å². The maximum Gasteiger partial charge on any atom is 0.387 e. The van der Waals surface area contributed by atoms with Crippen molar-refractivity contribution < 1.29 is 41.0 Å². The van der Waals surface area contributed by atoms with Gasteiger partial charge in [-0.1, -0.05) is 35.3 Å². The number of hydrogen-bond acceptors (Lipinski definition) is 8. The Balaban J connectivity index is 1.47. The Bertz CT molecular complexity index is 1740. The van der Waals surface area contributed by atoms with Crippen LogP contribution >= 0.6 is 23.2 Å². The van der Waals surface area contributed by atoms with Gasteiger partial charge in [0.15, 0.2) is 11.5 Å². The molecule has 2 atom stereocenters. The number of carbonyl (C=O) groups excluding carboxylic acids is 2. The van der Waals surface area contributed by atoms with E-state index >= 15 is 0 Å². The van der Waals surface area contributed by atoms with Crippen molar-refractivity contribution in [2.75, 3.05) is 27.2 Å². The number of benzene rings is 2. The third-order valence-corrected chi connectivity index (χ3v) is 10.7. The fourth-order valence-electron chi connectivity index (χ4n) is 5.40. The maximum absolute atomic E-state index is 14.0. The van der Waals surface area contributed by atoms with Crippen molar-refractivity contribution in [2.45, 2.75) is 62.2 Å². The van der Waals surface area contributed by atoms with Crippen molar-refractivity contribution in [3.05, 3.63) is 81.6 Å². The molecule has 2 aliphatic rings. The highest BCUT2D eigenvalue weighted by atomic mass is 35.5. The first-order chi connectivity index (χ1) is 22.8. The molecule has 15 heteroatoms. The van der Waals surface area contributed by atoms with Gasteiger partial charge in [-0.25, -0.2) is 8.42 Å². The Morgan fingerprint density at radius 2 is 1.75 bits per heavy atom. The summed E-state index contributed by atoms with van der Waals surface area (Å²) in [6.45, 7) is -2.74. The van der Waals surface area contributed by atoms with Crippen LogP contribution in [-0.4, -0.2) is 74.4 Å². The lowest BCUT2D eigenvalue weighted by molar-refractivity contribution is -0.155. The average Bonchev–Trinajstić information content (AvgIpc) is 3.89. The lowest BCUT2D eigenvalue weighted by atomic mass is 10.0. The number of ether oxygens (including phenoxy) is 3. The van der Waals surface area contributed by atoms with E-state index in [1.807, 2.05) is 0 Å². The van der Waals surface area contributed by atoms with Crippen molar-refractivity contribution in [2.24, 2.45) is 5.92 Å². The molecule has 258 valence electrons. The molecule has 1 aliphatic carbocycles. The highest BCUT2D eigenvalue weighted by Crippen LogP contribution is 2.38. The zero-order chi connectivity index (χ0) is 34.6. The van der Waals surface area contributed by atoms with Gasteiger partial charge < -0.3 is 19.1 Å². The van der Waals surface area contributed by atoms with E-state index in [-0.39, 0.29) is 57.3 Å². The molecule has 3 aromatic rings. The summed E-state index contributed by atoms with van der Waals surface area (Å²) in [5.74, 6) is -1.03. The highest BCUT2D eigenvalue weighted by molar-refractivity contribution is 7.89. The summed E-state index contributed by atoms with van der Waals surface area (Å²) >= 11 is 12.9. The predicted molar refractivity (Wildman–Crippen MR) is 174 cm³/mol. The monoisotopic (exact) mass is 725 g/mol. The van der Waals surface area contributed by atoms with Crippen LogP contribution in [0.1, 0.15) is 59.7 Å². The van der Waals surface area contributed by atoms with Crippen molar-refractivity contribution in [3.8, 4) is 11.5 Å². The van der Waals surface area contributed by atoms with Crippen LogP contribution in [0.3, 0.4) is 0 Å². The second kappa shape index (κ2) is 15.4. The second-order valence-electron chi connectivity index (χ2n) is 11.9. The summed E-state index contributed by atoms with van der Waals surface area (Å²) in [5, 5.41) is 0.417. The van der Waals surface area contributed by atoms with Crippen LogP contribution in [0.5, 0.6) is 11.5 Å². The minimum atomic E-state index is -4.24. The number of esters is 1. The Morgan fingerprint density at radius 3 is 2.42 bits per heavy atom. The molecule has 1 aromatic heterocycles. The molecule has 0 unspecified atom stereocenters. The standard InChI is InChI=1S/C33H35Cl2F2N3O7S/c1-39(2)31(41)22-6-5-7-23(14-22)48(43,44)40-13-4-3-8-27(40)32(42)46-29(16-24-25(34)17-38-18-26(24)35)21-11-12-28(47-33(36)37)30(15-21)45-19-20-9-10-20/h5-7,11-12,14-15,17-18,20,27,29,33H,3-4,8-10,13,16,19H2,1-2H3/t27-,29-/m0/s1. The normalized spacial score (nSPS) is 17.5. The zero-order valence-corrected chi connectivity index (χ0v) is 28.6. The molecule has 2 heterocycles. The summed E-state index contributed by atoms with van der Waals surface area (Å²) in [6.07, 6.45) is 4.82. The fraction of sp³-hybridized carbons (Fsp3) is 0.424. The van der Waals surface area contributed by atoms with Gasteiger partial charge in [-0.3, -0.25) is 14.6 Å². The number of aromatic nitrogens is 1. The molecule has 1 aliphatic heterocycles. The number of hydrogen-bond donors (Lipinski definition) is 0. The summed E-state index contributed by atoms with van der Waals surface area (Å²) < 4.78 is 72.0. The molecule has 0 N–H and O–H groups in total. The molecule has 0 radical (unpaired) electrons. The van der Waals surface area contributed by atoms with E-state index in [9.17, 15) is 26.8 Å². The Hall–Kier alpha value is -3.52. The van der Waals surface area contributed by atoms with Gasteiger partial charge in [0.2, 0.25) is 10.0 Å². The molecule has 5 rings (SSSR count). The Labute approximate surface area is 287 Å². The molecule has 2 aromatic carbocycles. The summed E-state index contributed by atoms with van der Waals surface area (Å²) in [5.41, 5.74) is 0.956. The molecule has 2 fully saturated rings. The van der Waals surface area contributed by atoms with E-state index in [1.165, 1.54) is 59.8 Å². The van der Waals surface area contributed by atoms with E-state index in [1.54, 1.807) is 14.1 Å². The van der Waals surface area contributed by atoms with Crippen LogP contribution in [0, 0.1) is 5.92 Å². The Morgan fingerprint density at radius 1 is 1.02 bits per heavy atom. The van der Waals surface area contributed by atoms with Crippen LogP contribution in [-0.2, 0) is 26.0 Å². The molecule has 1 saturated carbocycles. The molecule has 0 spiro atoms. The Kier molecular flexibility index (Phi) is 11.4.